The van der Waals surface area contributed by atoms with Gasteiger partial charge < -0.3 is 10.1 Å². The molecule has 0 aromatic carbocycles. The number of rotatable bonds is 6. The van der Waals surface area contributed by atoms with Gasteiger partial charge in [0.15, 0.2) is 0 Å². The highest BCUT2D eigenvalue weighted by molar-refractivity contribution is 4.81. The molecule has 1 fully saturated rings. The van der Waals surface area contributed by atoms with E-state index in [4.69, 9.17) is 4.74 Å². The molecule has 0 amide bonds. The first kappa shape index (κ1) is 12.5. The SMILES string of the molecule is COC1CCC(NCCCc2ncn[nH]2)CC1. The van der Waals surface area contributed by atoms with Crippen molar-refractivity contribution in [2.75, 3.05) is 13.7 Å². The fourth-order valence-corrected chi connectivity index (χ4v) is 2.42. The molecule has 0 spiro atoms. The molecule has 1 aliphatic rings. The second kappa shape index (κ2) is 6.71. The fraction of sp³-hybridized carbons (Fsp3) is 0.833. The molecular weight excluding hydrogens is 216 g/mol. The summed E-state index contributed by atoms with van der Waals surface area (Å²) in [5.41, 5.74) is 0. The number of nitrogens with zero attached hydrogens (tertiary/aromatic N) is 2. The first-order valence-corrected chi connectivity index (χ1v) is 6.49. The Balaban J connectivity index is 1.54. The molecule has 2 N–H and O–H groups in total. The summed E-state index contributed by atoms with van der Waals surface area (Å²) in [4.78, 5) is 4.11. The Morgan fingerprint density at radius 2 is 2.24 bits per heavy atom. The molecule has 0 saturated heterocycles. The summed E-state index contributed by atoms with van der Waals surface area (Å²) in [6.45, 7) is 1.06. The summed E-state index contributed by atoms with van der Waals surface area (Å²) in [5, 5.41) is 10.3. The predicted molar refractivity (Wildman–Crippen MR) is 65.8 cm³/mol. The van der Waals surface area contributed by atoms with Crippen LogP contribution in [0.25, 0.3) is 0 Å². The molecular formula is C12H22N4O. The molecule has 1 saturated carbocycles. The van der Waals surface area contributed by atoms with Crippen molar-refractivity contribution in [3.05, 3.63) is 12.2 Å². The maximum Gasteiger partial charge on any atom is 0.137 e. The van der Waals surface area contributed by atoms with Gasteiger partial charge in [0.2, 0.25) is 0 Å². The van der Waals surface area contributed by atoms with Crippen LogP contribution < -0.4 is 5.32 Å². The number of hydrogen-bond donors (Lipinski definition) is 2. The van der Waals surface area contributed by atoms with Crippen LogP contribution >= 0.6 is 0 Å². The van der Waals surface area contributed by atoms with E-state index >= 15 is 0 Å². The van der Waals surface area contributed by atoms with Crippen LogP contribution in [-0.4, -0.2) is 41.0 Å². The highest BCUT2D eigenvalue weighted by Gasteiger charge is 2.19. The molecule has 1 aromatic rings. The van der Waals surface area contributed by atoms with Gasteiger partial charge in [-0.25, -0.2) is 4.98 Å². The first-order chi connectivity index (χ1) is 8.38. The lowest BCUT2D eigenvalue weighted by Gasteiger charge is -2.28. The van der Waals surface area contributed by atoms with Crippen LogP contribution in [0.1, 0.15) is 37.9 Å². The van der Waals surface area contributed by atoms with Crippen LogP contribution in [0.2, 0.25) is 0 Å². The smallest absolute Gasteiger partial charge is 0.137 e. The van der Waals surface area contributed by atoms with Gasteiger partial charge in [-0.1, -0.05) is 0 Å². The molecule has 5 nitrogen and oxygen atoms in total. The number of aromatic amines is 1. The van der Waals surface area contributed by atoms with Crippen molar-refractivity contribution in [2.45, 2.75) is 50.7 Å². The minimum Gasteiger partial charge on any atom is -0.381 e. The number of H-pyrrole nitrogens is 1. The lowest BCUT2D eigenvalue weighted by atomic mass is 9.93. The number of aromatic nitrogens is 3. The lowest BCUT2D eigenvalue weighted by Crippen LogP contribution is -2.35. The molecule has 96 valence electrons. The van der Waals surface area contributed by atoms with Gasteiger partial charge in [0.25, 0.3) is 0 Å². The van der Waals surface area contributed by atoms with Gasteiger partial charge in [-0.3, -0.25) is 5.10 Å². The molecule has 0 unspecified atom stereocenters. The van der Waals surface area contributed by atoms with E-state index in [1.807, 2.05) is 7.11 Å². The van der Waals surface area contributed by atoms with Gasteiger partial charge in [0.05, 0.1) is 6.10 Å². The Morgan fingerprint density at radius 1 is 1.41 bits per heavy atom. The minimum atomic E-state index is 0.488. The zero-order valence-corrected chi connectivity index (χ0v) is 10.5. The van der Waals surface area contributed by atoms with Crippen molar-refractivity contribution >= 4 is 0 Å². The molecule has 1 heterocycles. The van der Waals surface area contributed by atoms with Gasteiger partial charge in [-0.05, 0) is 38.6 Å². The second-order valence-corrected chi connectivity index (χ2v) is 4.70. The number of hydrogen-bond acceptors (Lipinski definition) is 4. The highest BCUT2D eigenvalue weighted by Crippen LogP contribution is 2.20. The van der Waals surface area contributed by atoms with Crippen molar-refractivity contribution in [3.63, 3.8) is 0 Å². The zero-order valence-electron chi connectivity index (χ0n) is 10.5. The number of nitrogens with one attached hydrogen (secondary N) is 2. The highest BCUT2D eigenvalue weighted by atomic mass is 16.5. The summed E-state index contributed by atoms with van der Waals surface area (Å²) in [6, 6.07) is 0.677. The third-order valence-corrected chi connectivity index (χ3v) is 3.50. The third kappa shape index (κ3) is 4.09. The Morgan fingerprint density at radius 3 is 2.88 bits per heavy atom. The van der Waals surface area contributed by atoms with Crippen molar-refractivity contribution in [1.29, 1.82) is 0 Å². The summed E-state index contributed by atoms with van der Waals surface area (Å²) in [5.74, 6) is 0.981. The van der Waals surface area contributed by atoms with Crippen molar-refractivity contribution < 1.29 is 4.74 Å². The van der Waals surface area contributed by atoms with E-state index in [2.05, 4.69) is 20.5 Å². The minimum absolute atomic E-state index is 0.488. The molecule has 17 heavy (non-hydrogen) atoms. The average molecular weight is 238 g/mol. The van der Waals surface area contributed by atoms with Gasteiger partial charge in [0.1, 0.15) is 12.2 Å². The van der Waals surface area contributed by atoms with E-state index in [0.717, 1.165) is 25.2 Å². The van der Waals surface area contributed by atoms with Gasteiger partial charge in [0, 0.05) is 19.6 Å². The second-order valence-electron chi connectivity index (χ2n) is 4.70. The van der Waals surface area contributed by atoms with Crippen LogP contribution in [0.3, 0.4) is 0 Å². The molecule has 0 radical (unpaired) electrons. The van der Waals surface area contributed by atoms with Crippen molar-refractivity contribution in [2.24, 2.45) is 0 Å². The number of aryl methyl sites for hydroxylation is 1. The summed E-state index contributed by atoms with van der Waals surface area (Å²) < 4.78 is 5.37. The van der Waals surface area contributed by atoms with Crippen LogP contribution in [0, 0.1) is 0 Å². The quantitative estimate of drug-likeness (QED) is 0.733. The van der Waals surface area contributed by atoms with Gasteiger partial charge in [-0.2, -0.15) is 5.10 Å². The summed E-state index contributed by atoms with van der Waals surface area (Å²) in [6.07, 6.45) is 8.99. The van der Waals surface area contributed by atoms with E-state index in [-0.39, 0.29) is 0 Å². The average Bonchev–Trinajstić information content (AvgIpc) is 2.88. The molecule has 0 bridgehead atoms. The Labute approximate surface area is 102 Å². The Bertz CT molecular complexity index is 293. The zero-order chi connectivity index (χ0) is 11.9. The molecule has 1 aliphatic carbocycles. The maximum absolute atomic E-state index is 5.37. The van der Waals surface area contributed by atoms with Crippen molar-refractivity contribution in [1.82, 2.24) is 20.5 Å². The Kier molecular flexibility index (Phi) is 4.94. The first-order valence-electron chi connectivity index (χ1n) is 6.49. The summed E-state index contributed by atoms with van der Waals surface area (Å²) in [7, 11) is 1.82. The monoisotopic (exact) mass is 238 g/mol. The van der Waals surface area contributed by atoms with Crippen LogP contribution in [0.15, 0.2) is 6.33 Å². The van der Waals surface area contributed by atoms with Crippen LogP contribution in [0.5, 0.6) is 0 Å². The standard InChI is InChI=1S/C12H22N4O/c1-17-11-6-4-10(5-7-11)13-8-2-3-12-14-9-15-16-12/h9-11,13H,2-8H2,1H3,(H,14,15,16). The third-order valence-electron chi connectivity index (χ3n) is 3.50. The topological polar surface area (TPSA) is 62.8 Å². The number of ether oxygens (including phenoxy) is 1. The Hall–Kier alpha value is -0.940. The fourth-order valence-electron chi connectivity index (χ4n) is 2.42. The van der Waals surface area contributed by atoms with Gasteiger partial charge >= 0.3 is 0 Å². The van der Waals surface area contributed by atoms with Crippen LogP contribution in [0.4, 0.5) is 0 Å². The van der Waals surface area contributed by atoms with Crippen LogP contribution in [-0.2, 0) is 11.2 Å². The number of methoxy groups -OCH3 is 1. The maximum atomic E-state index is 5.37. The van der Waals surface area contributed by atoms with E-state index in [0.29, 0.717) is 12.1 Å². The van der Waals surface area contributed by atoms with E-state index in [1.54, 1.807) is 6.33 Å². The largest absolute Gasteiger partial charge is 0.381 e. The van der Waals surface area contributed by atoms with E-state index in [1.165, 1.54) is 25.7 Å². The van der Waals surface area contributed by atoms with Gasteiger partial charge in [-0.15, -0.1) is 0 Å². The molecule has 2 rings (SSSR count). The molecule has 5 heteroatoms. The van der Waals surface area contributed by atoms with E-state index in [9.17, 15) is 0 Å². The summed E-state index contributed by atoms with van der Waals surface area (Å²) >= 11 is 0. The molecule has 0 aliphatic heterocycles. The lowest BCUT2D eigenvalue weighted by molar-refractivity contribution is 0.0626. The molecule has 0 atom stereocenters. The normalized spacial score (nSPS) is 25.0. The predicted octanol–water partition coefficient (Wildman–Crippen LogP) is 1.28. The van der Waals surface area contributed by atoms with E-state index < -0.39 is 0 Å². The van der Waals surface area contributed by atoms with Crippen molar-refractivity contribution in [3.8, 4) is 0 Å². The molecule has 1 aromatic heterocycles.